The van der Waals surface area contributed by atoms with Crippen molar-refractivity contribution in [3.63, 3.8) is 0 Å². The summed E-state index contributed by atoms with van der Waals surface area (Å²) in [6.07, 6.45) is 0. The molecule has 0 radical (unpaired) electrons. The van der Waals surface area contributed by atoms with Gasteiger partial charge in [-0.2, -0.15) is 0 Å². The van der Waals surface area contributed by atoms with Gasteiger partial charge >= 0.3 is 0 Å². The summed E-state index contributed by atoms with van der Waals surface area (Å²) in [6, 6.07) is 13.4. The Morgan fingerprint density at radius 2 is 1.81 bits per heavy atom. The van der Waals surface area contributed by atoms with Gasteiger partial charge in [-0.05, 0) is 36.8 Å². The van der Waals surface area contributed by atoms with Crippen LogP contribution < -0.4 is 10.1 Å². The lowest BCUT2D eigenvalue weighted by molar-refractivity contribution is -0.117. The summed E-state index contributed by atoms with van der Waals surface area (Å²) in [7, 11) is 0. The van der Waals surface area contributed by atoms with Gasteiger partial charge in [0.2, 0.25) is 5.91 Å². The molecule has 1 N–H and O–H groups in total. The molecule has 4 rings (SSSR count). The summed E-state index contributed by atoms with van der Waals surface area (Å²) < 4.78 is 10.7. The molecule has 1 aliphatic heterocycles. The van der Waals surface area contributed by atoms with Crippen molar-refractivity contribution in [2.24, 2.45) is 0 Å². The van der Waals surface area contributed by atoms with Crippen molar-refractivity contribution in [3.05, 3.63) is 53.8 Å². The summed E-state index contributed by atoms with van der Waals surface area (Å²) in [5, 5.41) is 8.55. The SMILES string of the molecule is CCOc1cc2ccccc2cc1C(=O)N1CCN(CC(=O)Nc2cc(C)on2)CC1. The molecule has 2 amide bonds. The maximum absolute atomic E-state index is 13.2. The minimum Gasteiger partial charge on any atom is -0.493 e. The number of aryl methyl sites for hydroxylation is 1. The third-order valence-corrected chi connectivity index (χ3v) is 5.30. The van der Waals surface area contributed by atoms with Crippen molar-refractivity contribution in [1.29, 1.82) is 0 Å². The van der Waals surface area contributed by atoms with Gasteiger partial charge in [0.05, 0.1) is 18.7 Å². The first-order chi connectivity index (χ1) is 15.0. The lowest BCUT2D eigenvalue weighted by Gasteiger charge is -2.34. The highest BCUT2D eigenvalue weighted by Crippen LogP contribution is 2.27. The predicted octanol–water partition coefficient (Wildman–Crippen LogP) is 2.93. The van der Waals surface area contributed by atoms with Crippen LogP contribution in [0.3, 0.4) is 0 Å². The zero-order valence-corrected chi connectivity index (χ0v) is 17.8. The zero-order chi connectivity index (χ0) is 21.8. The topological polar surface area (TPSA) is 87.9 Å². The Bertz CT molecular complexity index is 1090. The predicted molar refractivity (Wildman–Crippen MR) is 117 cm³/mol. The number of rotatable bonds is 6. The summed E-state index contributed by atoms with van der Waals surface area (Å²) in [5.74, 6) is 1.46. The fourth-order valence-corrected chi connectivity index (χ4v) is 3.75. The second-order valence-electron chi connectivity index (χ2n) is 7.57. The minimum atomic E-state index is -0.152. The first-order valence-electron chi connectivity index (χ1n) is 10.4. The number of nitrogens with zero attached hydrogens (tertiary/aromatic N) is 3. The molecule has 2 heterocycles. The Labute approximate surface area is 180 Å². The molecule has 31 heavy (non-hydrogen) atoms. The average Bonchev–Trinajstić information content (AvgIpc) is 3.18. The number of ether oxygens (including phenoxy) is 1. The number of anilines is 1. The highest BCUT2D eigenvalue weighted by Gasteiger charge is 2.26. The second kappa shape index (κ2) is 9.18. The van der Waals surface area contributed by atoms with Gasteiger partial charge in [0.15, 0.2) is 5.82 Å². The average molecular weight is 422 g/mol. The van der Waals surface area contributed by atoms with Crippen LogP contribution in [-0.2, 0) is 4.79 Å². The molecule has 1 aromatic heterocycles. The fraction of sp³-hybridized carbons (Fsp3) is 0.348. The Morgan fingerprint density at radius 3 is 2.45 bits per heavy atom. The molecule has 0 atom stereocenters. The lowest BCUT2D eigenvalue weighted by atomic mass is 10.0. The van der Waals surface area contributed by atoms with Crippen LogP contribution in [0.15, 0.2) is 47.0 Å². The molecule has 1 fully saturated rings. The normalized spacial score (nSPS) is 14.6. The highest BCUT2D eigenvalue weighted by molar-refractivity contribution is 6.01. The van der Waals surface area contributed by atoms with E-state index in [1.165, 1.54) is 0 Å². The molecule has 162 valence electrons. The number of fused-ring (bicyclic) bond motifs is 1. The smallest absolute Gasteiger partial charge is 0.257 e. The van der Waals surface area contributed by atoms with E-state index in [-0.39, 0.29) is 18.4 Å². The molecule has 1 aliphatic rings. The monoisotopic (exact) mass is 422 g/mol. The van der Waals surface area contributed by atoms with Crippen molar-refractivity contribution in [2.75, 3.05) is 44.6 Å². The van der Waals surface area contributed by atoms with Crippen molar-refractivity contribution in [3.8, 4) is 5.75 Å². The summed E-state index contributed by atoms with van der Waals surface area (Å²) in [6.45, 7) is 6.75. The van der Waals surface area contributed by atoms with Crippen LogP contribution in [-0.4, -0.2) is 66.1 Å². The largest absolute Gasteiger partial charge is 0.493 e. The Morgan fingerprint density at radius 1 is 1.10 bits per heavy atom. The van der Waals surface area contributed by atoms with Gasteiger partial charge in [-0.25, -0.2) is 0 Å². The zero-order valence-electron chi connectivity index (χ0n) is 17.8. The standard InChI is InChI=1S/C23H26N4O4/c1-3-30-20-14-18-7-5-4-6-17(18)13-19(20)23(29)27-10-8-26(9-11-27)15-22(28)24-21-12-16(2)31-25-21/h4-7,12-14H,3,8-11,15H2,1-2H3,(H,24,25,28). The first-order valence-corrected chi connectivity index (χ1v) is 10.4. The van der Waals surface area contributed by atoms with Gasteiger partial charge in [-0.3, -0.25) is 14.5 Å². The molecule has 3 aromatic rings. The number of piperazine rings is 1. The van der Waals surface area contributed by atoms with E-state index in [9.17, 15) is 9.59 Å². The minimum absolute atomic E-state index is 0.0450. The lowest BCUT2D eigenvalue weighted by Crippen LogP contribution is -2.50. The van der Waals surface area contributed by atoms with Crippen molar-refractivity contribution in [2.45, 2.75) is 13.8 Å². The van der Waals surface area contributed by atoms with Gasteiger partial charge < -0.3 is 19.5 Å². The Balaban J connectivity index is 1.39. The van der Waals surface area contributed by atoms with E-state index in [1.54, 1.807) is 13.0 Å². The molecular formula is C23H26N4O4. The van der Waals surface area contributed by atoms with E-state index in [4.69, 9.17) is 9.26 Å². The van der Waals surface area contributed by atoms with Crippen LogP contribution in [0, 0.1) is 6.92 Å². The third-order valence-electron chi connectivity index (χ3n) is 5.30. The van der Waals surface area contributed by atoms with Crippen LogP contribution in [0.25, 0.3) is 10.8 Å². The molecule has 1 saturated heterocycles. The maximum atomic E-state index is 13.2. The Hall–Kier alpha value is -3.39. The van der Waals surface area contributed by atoms with E-state index in [0.29, 0.717) is 55.7 Å². The Kier molecular flexibility index (Phi) is 6.18. The van der Waals surface area contributed by atoms with Crippen LogP contribution >= 0.6 is 0 Å². The van der Waals surface area contributed by atoms with E-state index >= 15 is 0 Å². The first kappa shape index (κ1) is 20.9. The molecular weight excluding hydrogens is 396 g/mol. The number of benzene rings is 2. The fourth-order valence-electron chi connectivity index (χ4n) is 3.75. The number of hydrogen-bond donors (Lipinski definition) is 1. The van der Waals surface area contributed by atoms with Crippen LogP contribution in [0.5, 0.6) is 5.75 Å². The summed E-state index contributed by atoms with van der Waals surface area (Å²) in [5.41, 5.74) is 0.577. The molecule has 8 heteroatoms. The van der Waals surface area contributed by atoms with Crippen LogP contribution in [0.2, 0.25) is 0 Å². The van der Waals surface area contributed by atoms with E-state index in [0.717, 1.165) is 10.8 Å². The molecule has 2 aromatic carbocycles. The molecule has 0 unspecified atom stereocenters. The molecule has 0 aliphatic carbocycles. The van der Waals surface area contributed by atoms with Crippen molar-refractivity contribution in [1.82, 2.24) is 15.0 Å². The van der Waals surface area contributed by atoms with E-state index in [2.05, 4.69) is 10.5 Å². The van der Waals surface area contributed by atoms with Gasteiger partial charge in [0.1, 0.15) is 11.5 Å². The summed E-state index contributed by atoms with van der Waals surface area (Å²) in [4.78, 5) is 29.3. The van der Waals surface area contributed by atoms with Gasteiger partial charge in [-0.1, -0.05) is 29.4 Å². The van der Waals surface area contributed by atoms with E-state index < -0.39 is 0 Å². The number of nitrogens with one attached hydrogen (secondary N) is 1. The van der Waals surface area contributed by atoms with Crippen molar-refractivity contribution >= 4 is 28.4 Å². The number of carbonyl (C=O) groups is 2. The maximum Gasteiger partial charge on any atom is 0.257 e. The van der Waals surface area contributed by atoms with Gasteiger partial charge in [-0.15, -0.1) is 0 Å². The molecule has 0 bridgehead atoms. The van der Waals surface area contributed by atoms with E-state index in [1.807, 2.05) is 53.1 Å². The van der Waals surface area contributed by atoms with Crippen LogP contribution in [0.4, 0.5) is 5.82 Å². The van der Waals surface area contributed by atoms with Crippen LogP contribution in [0.1, 0.15) is 23.0 Å². The quantitative estimate of drug-likeness (QED) is 0.657. The molecule has 0 saturated carbocycles. The second-order valence-corrected chi connectivity index (χ2v) is 7.57. The summed E-state index contributed by atoms with van der Waals surface area (Å²) >= 11 is 0. The third kappa shape index (κ3) is 4.86. The van der Waals surface area contributed by atoms with Gasteiger partial charge in [0.25, 0.3) is 5.91 Å². The number of hydrogen-bond acceptors (Lipinski definition) is 6. The number of amides is 2. The van der Waals surface area contributed by atoms with Gasteiger partial charge in [0, 0.05) is 32.2 Å². The highest BCUT2D eigenvalue weighted by atomic mass is 16.5. The molecule has 0 spiro atoms. The molecule has 8 nitrogen and oxygen atoms in total. The number of aromatic nitrogens is 1. The number of carbonyl (C=O) groups excluding carboxylic acids is 2. The van der Waals surface area contributed by atoms with Crippen molar-refractivity contribution < 1.29 is 18.8 Å².